The summed E-state index contributed by atoms with van der Waals surface area (Å²) in [6.45, 7) is 0. The monoisotopic (exact) mass is 956 g/mol. The molecule has 0 aliphatic heterocycles. The Morgan fingerprint density at radius 2 is 0.625 bits per heavy atom. The molecule has 364 valence electrons. The van der Waals surface area contributed by atoms with E-state index in [2.05, 4.69) is 20.1 Å². The van der Waals surface area contributed by atoms with E-state index in [0.717, 1.165) is 39.8 Å². The van der Waals surface area contributed by atoms with Crippen molar-refractivity contribution in [1.82, 2.24) is 0 Å². The first kappa shape index (κ1) is 54.5. The third-order valence-corrected chi connectivity index (χ3v) is 11.5. The van der Waals surface area contributed by atoms with Crippen LogP contribution in [-0.4, -0.2) is 21.8 Å². The number of benzene rings is 8. The van der Waals surface area contributed by atoms with Gasteiger partial charge in [-0.1, -0.05) is 253 Å². The zero-order chi connectivity index (χ0) is 51.2. The lowest BCUT2D eigenvalue weighted by Gasteiger charge is -2.18. The van der Waals surface area contributed by atoms with Crippen LogP contribution in [0.25, 0.3) is 20.9 Å². The second-order valence-electron chi connectivity index (χ2n) is 16.6. The van der Waals surface area contributed by atoms with Crippen molar-refractivity contribution in [3.8, 4) is 0 Å². The summed E-state index contributed by atoms with van der Waals surface area (Å²) in [4.78, 5) is 29.4. The molecule has 0 aliphatic rings. The first-order chi connectivity index (χ1) is 35.2. The Bertz CT molecular complexity index is 2570. The van der Waals surface area contributed by atoms with E-state index in [1.165, 1.54) is 0 Å². The number of carbonyl (C=O) groups excluding carboxylic acids is 2. The summed E-state index contributed by atoms with van der Waals surface area (Å²) in [7, 11) is 0. The van der Waals surface area contributed by atoms with E-state index in [-0.39, 0.29) is 42.2 Å². The van der Waals surface area contributed by atoms with Crippen LogP contribution in [-0.2, 0) is 0 Å². The molecular formula is C60H60N8O4. The zero-order valence-corrected chi connectivity index (χ0v) is 39.9. The van der Waals surface area contributed by atoms with Crippen molar-refractivity contribution >= 4 is 11.6 Å². The molecule has 0 amide bonds. The van der Waals surface area contributed by atoms with Gasteiger partial charge in [-0.05, 0) is 57.3 Å². The summed E-state index contributed by atoms with van der Waals surface area (Å²) < 4.78 is 0. The van der Waals surface area contributed by atoms with Crippen LogP contribution in [0.15, 0.2) is 253 Å². The SMILES string of the molecule is N[C@H](C[C@@H](N)c1ccccc1)c1ccccc1.O=C(CC(=O)c1ccccc1)c1ccccc1.O[C@@H](C[C@H](O)c1ccccc1)c1ccccc1.[N-]=[N+]=N[C@H](C[C@@H](N=[N+]=[N-])c1ccccc1)c1ccccc1. The molecule has 72 heavy (non-hydrogen) atoms. The van der Waals surface area contributed by atoms with Gasteiger partial charge in [-0.15, -0.1) is 0 Å². The van der Waals surface area contributed by atoms with Gasteiger partial charge in [0.05, 0.1) is 30.7 Å². The fraction of sp³-hybridized carbons (Fsp3) is 0.167. The van der Waals surface area contributed by atoms with E-state index in [0.29, 0.717) is 24.0 Å². The quantitative estimate of drug-likeness (QED) is 0.0215. The minimum Gasteiger partial charge on any atom is -0.388 e. The fourth-order valence-corrected chi connectivity index (χ4v) is 7.56. The summed E-state index contributed by atoms with van der Waals surface area (Å²) >= 11 is 0. The van der Waals surface area contributed by atoms with Crippen LogP contribution in [0.1, 0.15) is 116 Å². The van der Waals surface area contributed by atoms with Crippen molar-refractivity contribution in [1.29, 1.82) is 0 Å². The molecule has 6 atom stereocenters. The van der Waals surface area contributed by atoms with Crippen molar-refractivity contribution in [2.75, 3.05) is 0 Å². The molecule has 0 aromatic heterocycles. The number of Topliss-reactive ketones (excluding diaryl/α,β-unsaturated/α-hetero) is 2. The summed E-state index contributed by atoms with van der Waals surface area (Å²) in [5.74, 6) is -0.279. The molecule has 0 aliphatic carbocycles. The third-order valence-electron chi connectivity index (χ3n) is 11.5. The smallest absolute Gasteiger partial charge is 0.170 e. The maximum Gasteiger partial charge on any atom is 0.170 e. The number of azide groups is 2. The Morgan fingerprint density at radius 1 is 0.375 bits per heavy atom. The Balaban J connectivity index is 0.000000179. The van der Waals surface area contributed by atoms with Crippen molar-refractivity contribution in [2.45, 2.75) is 62.1 Å². The lowest BCUT2D eigenvalue weighted by Crippen LogP contribution is -2.19. The predicted octanol–water partition coefficient (Wildman–Crippen LogP) is 14.2. The van der Waals surface area contributed by atoms with Crippen LogP contribution in [0.3, 0.4) is 0 Å². The summed E-state index contributed by atoms with van der Waals surface area (Å²) in [6.07, 6.45) is 0.163. The number of rotatable bonds is 18. The number of nitrogens with two attached hydrogens (primary N) is 2. The molecule has 8 aromatic carbocycles. The van der Waals surface area contributed by atoms with Crippen molar-refractivity contribution < 1.29 is 19.8 Å². The average molecular weight is 957 g/mol. The number of ketones is 2. The van der Waals surface area contributed by atoms with Gasteiger partial charge in [0.15, 0.2) is 11.6 Å². The van der Waals surface area contributed by atoms with Gasteiger partial charge in [-0.3, -0.25) is 9.59 Å². The van der Waals surface area contributed by atoms with Crippen molar-refractivity contribution in [2.24, 2.45) is 21.7 Å². The zero-order valence-electron chi connectivity index (χ0n) is 39.9. The van der Waals surface area contributed by atoms with E-state index in [1.807, 2.05) is 194 Å². The van der Waals surface area contributed by atoms with E-state index < -0.39 is 12.2 Å². The van der Waals surface area contributed by atoms with Crippen molar-refractivity contribution in [3.05, 3.63) is 308 Å². The number of aliphatic hydroxyl groups is 2. The molecule has 12 nitrogen and oxygen atoms in total. The third kappa shape index (κ3) is 18.8. The molecule has 0 unspecified atom stereocenters. The molecular weight excluding hydrogens is 897 g/mol. The Morgan fingerprint density at radius 3 is 0.903 bits per heavy atom. The lowest BCUT2D eigenvalue weighted by atomic mass is 9.96. The molecule has 0 saturated heterocycles. The van der Waals surface area contributed by atoms with Gasteiger partial charge >= 0.3 is 0 Å². The van der Waals surface area contributed by atoms with E-state index in [1.54, 1.807) is 48.5 Å². The van der Waals surface area contributed by atoms with Gasteiger partial charge < -0.3 is 21.7 Å². The first-order valence-electron chi connectivity index (χ1n) is 23.6. The average Bonchev–Trinajstić information content (AvgIpc) is 3.45. The molecule has 8 aromatic rings. The Kier molecular flexibility index (Phi) is 23.4. The van der Waals surface area contributed by atoms with Gasteiger partial charge in [-0.2, -0.15) is 0 Å². The highest BCUT2D eigenvalue weighted by atomic mass is 16.3. The van der Waals surface area contributed by atoms with Crippen molar-refractivity contribution in [3.63, 3.8) is 0 Å². The van der Waals surface area contributed by atoms with Gasteiger partial charge in [0, 0.05) is 39.5 Å². The first-order valence-corrected chi connectivity index (χ1v) is 23.6. The Labute approximate surface area is 421 Å². The molecule has 6 N–H and O–H groups in total. The topological polar surface area (TPSA) is 224 Å². The summed E-state index contributed by atoms with van der Waals surface area (Å²) in [6, 6.07) is 74.9. The van der Waals surface area contributed by atoms with Crippen LogP contribution in [0.4, 0.5) is 0 Å². The molecule has 0 heterocycles. The highest BCUT2D eigenvalue weighted by Crippen LogP contribution is 2.32. The number of hydrogen-bond acceptors (Lipinski definition) is 8. The number of hydrogen-bond donors (Lipinski definition) is 4. The van der Waals surface area contributed by atoms with Crippen LogP contribution in [0.5, 0.6) is 0 Å². The molecule has 0 radical (unpaired) electrons. The molecule has 0 spiro atoms. The number of aliphatic hydroxyl groups excluding tert-OH is 2. The van der Waals surface area contributed by atoms with E-state index in [4.69, 9.17) is 22.5 Å². The largest absolute Gasteiger partial charge is 0.388 e. The minimum atomic E-state index is -0.633. The molecule has 12 heteroatoms. The highest BCUT2D eigenvalue weighted by molar-refractivity contribution is 6.13. The second-order valence-corrected chi connectivity index (χ2v) is 16.6. The van der Waals surface area contributed by atoms with Gasteiger partial charge in [0.25, 0.3) is 0 Å². The fourth-order valence-electron chi connectivity index (χ4n) is 7.56. The number of nitrogens with zero attached hydrogens (tertiary/aromatic N) is 6. The van der Waals surface area contributed by atoms with Gasteiger partial charge in [0.2, 0.25) is 0 Å². The van der Waals surface area contributed by atoms with Gasteiger partial charge in [0.1, 0.15) is 0 Å². The second kappa shape index (κ2) is 30.9. The minimum absolute atomic E-state index is 0.00796. The maximum absolute atomic E-state index is 11.8. The normalized spacial score (nSPS) is 12.7. The standard InChI is InChI=1S/C15H14N6.C15H18N2.C15H16O2.C15H12O2/c16-20-18-14(12-7-3-1-4-8-12)11-15(19-21-17)13-9-5-2-6-10-13;3*16-14(12-7-3-1-4-8-12)11-15(17)13-9-5-2-6-10-13/h1-10,14-15H,11H2;1-10,14-15H,11,16-17H2;1-10,14-17H,11H2;1-10H,11H2/t3*14-,15-;/m110./s1. The lowest BCUT2D eigenvalue weighted by molar-refractivity contribution is 0.0803. The van der Waals surface area contributed by atoms with Crippen LogP contribution in [0, 0.1) is 0 Å². The van der Waals surface area contributed by atoms with Crippen LogP contribution < -0.4 is 11.5 Å². The van der Waals surface area contributed by atoms with Crippen LogP contribution in [0.2, 0.25) is 0 Å². The van der Waals surface area contributed by atoms with E-state index in [9.17, 15) is 19.8 Å². The maximum atomic E-state index is 11.8. The molecule has 0 bridgehead atoms. The predicted molar refractivity (Wildman–Crippen MR) is 286 cm³/mol. The van der Waals surface area contributed by atoms with Gasteiger partial charge in [-0.25, -0.2) is 0 Å². The molecule has 0 saturated carbocycles. The Hall–Kier alpha value is -8.44. The summed E-state index contributed by atoms with van der Waals surface area (Å²) in [5, 5.41) is 27.7. The molecule has 8 rings (SSSR count). The summed E-state index contributed by atoms with van der Waals surface area (Å²) in [5.41, 5.74) is 36.8. The molecule has 0 fully saturated rings. The van der Waals surface area contributed by atoms with E-state index >= 15 is 0 Å². The number of carbonyl (C=O) groups is 2. The van der Waals surface area contributed by atoms with Crippen LogP contribution >= 0.6 is 0 Å². The highest BCUT2D eigenvalue weighted by Gasteiger charge is 2.19.